The van der Waals surface area contributed by atoms with Gasteiger partial charge in [0.05, 0.1) is 30.7 Å². The van der Waals surface area contributed by atoms with Crippen molar-refractivity contribution in [3.05, 3.63) is 81.6 Å². The van der Waals surface area contributed by atoms with E-state index in [0.717, 1.165) is 33.6 Å². The number of hydrogen-bond acceptors (Lipinski definition) is 9. The summed E-state index contributed by atoms with van der Waals surface area (Å²) in [4.78, 5) is 50.5. The van der Waals surface area contributed by atoms with Crippen molar-refractivity contribution in [3.63, 3.8) is 0 Å². The number of benzene rings is 2. The molecule has 1 aliphatic rings. The second-order valence-corrected chi connectivity index (χ2v) is 9.64. The van der Waals surface area contributed by atoms with E-state index in [4.69, 9.17) is 9.47 Å². The van der Waals surface area contributed by atoms with Crippen LogP contribution in [0, 0.1) is 20.8 Å². The molecule has 0 fully saturated rings. The number of carbonyl (C=O) groups is 3. The quantitative estimate of drug-likeness (QED) is 0.232. The summed E-state index contributed by atoms with van der Waals surface area (Å²) >= 11 is 0.989. The highest BCUT2D eigenvalue weighted by Gasteiger charge is 2.42. The Morgan fingerprint density at radius 3 is 2.39 bits per heavy atom. The van der Waals surface area contributed by atoms with Gasteiger partial charge < -0.3 is 14.8 Å². The lowest BCUT2D eigenvalue weighted by Gasteiger charge is -2.18. The van der Waals surface area contributed by atoms with Crippen LogP contribution in [-0.4, -0.2) is 41.5 Å². The van der Waals surface area contributed by atoms with Crippen molar-refractivity contribution in [1.29, 1.82) is 0 Å². The van der Waals surface area contributed by atoms with E-state index in [2.05, 4.69) is 15.3 Å². The van der Waals surface area contributed by atoms with Gasteiger partial charge in [0, 0.05) is 11.4 Å². The van der Waals surface area contributed by atoms with E-state index in [9.17, 15) is 14.4 Å². The molecule has 9 nitrogen and oxygen atoms in total. The number of amides is 2. The first-order valence-corrected chi connectivity index (χ1v) is 12.9. The average Bonchev–Trinajstić information content (AvgIpc) is 3.10. The molecule has 0 radical (unpaired) electrons. The number of anilines is 2. The molecular weight excluding hydrogens is 504 g/mol. The molecule has 1 aliphatic heterocycles. The van der Waals surface area contributed by atoms with E-state index in [0.29, 0.717) is 23.0 Å². The second-order valence-electron chi connectivity index (χ2n) is 8.67. The summed E-state index contributed by atoms with van der Waals surface area (Å²) in [6.07, 6.45) is 0.639. The van der Waals surface area contributed by atoms with E-state index in [1.807, 2.05) is 45.9 Å². The number of hydrogen-bond donors (Lipinski definition) is 1. The number of esters is 1. The smallest absolute Gasteiger partial charge is 0.340 e. The number of thioether (sulfide) groups is 1. The highest BCUT2D eigenvalue weighted by Crippen LogP contribution is 2.39. The lowest BCUT2D eigenvalue weighted by atomic mass is 10.1. The topological polar surface area (TPSA) is 111 Å². The van der Waals surface area contributed by atoms with Crippen molar-refractivity contribution < 1.29 is 23.9 Å². The third-order valence-electron chi connectivity index (χ3n) is 5.61. The number of nitrogens with zero attached hydrogens (tertiary/aromatic N) is 3. The molecule has 0 saturated heterocycles. The van der Waals surface area contributed by atoms with Crippen molar-refractivity contribution in [2.75, 3.05) is 23.9 Å². The number of aromatic nitrogens is 2. The zero-order valence-electron chi connectivity index (χ0n) is 21.8. The Morgan fingerprint density at radius 1 is 1.00 bits per heavy atom. The van der Waals surface area contributed by atoms with Crippen LogP contribution in [0.5, 0.6) is 5.75 Å². The summed E-state index contributed by atoms with van der Waals surface area (Å²) < 4.78 is 10.8. The zero-order valence-corrected chi connectivity index (χ0v) is 22.6. The molecule has 0 unspecified atom stereocenters. The molecule has 2 amide bonds. The number of rotatable bonds is 9. The summed E-state index contributed by atoms with van der Waals surface area (Å²) in [5.74, 6) is -1.34. The lowest BCUT2D eigenvalue weighted by Crippen LogP contribution is -2.33. The molecule has 3 aromatic rings. The van der Waals surface area contributed by atoms with Gasteiger partial charge in [-0.2, -0.15) is 0 Å². The monoisotopic (exact) mass is 532 g/mol. The average molecular weight is 533 g/mol. The molecule has 2 aromatic carbocycles. The minimum absolute atomic E-state index is 0.0309. The van der Waals surface area contributed by atoms with E-state index in [1.54, 1.807) is 24.3 Å². The third-order valence-corrected chi connectivity index (χ3v) is 6.56. The summed E-state index contributed by atoms with van der Waals surface area (Å²) in [6, 6.07) is 13.7. The molecule has 0 spiro atoms. The Bertz CT molecular complexity index is 1430. The SMILES string of the molecule is CCCOC(=O)c1ccccc1N1C(=O)C(Nc2cc(C)ccc2OC)=C(Sc2nc(C)cc(C)n2)C1=O. The summed E-state index contributed by atoms with van der Waals surface area (Å²) in [5, 5.41) is 3.44. The van der Waals surface area contributed by atoms with Crippen molar-refractivity contribution in [3.8, 4) is 5.75 Å². The Morgan fingerprint density at radius 2 is 1.71 bits per heavy atom. The fourth-order valence-corrected chi connectivity index (χ4v) is 4.91. The first-order chi connectivity index (χ1) is 18.2. The van der Waals surface area contributed by atoms with Gasteiger partial charge in [0.15, 0.2) is 5.16 Å². The molecular formula is C28H28N4O5S. The second kappa shape index (κ2) is 11.5. The normalized spacial score (nSPS) is 13.2. The number of para-hydroxylation sites is 1. The zero-order chi connectivity index (χ0) is 27.4. The van der Waals surface area contributed by atoms with Crippen molar-refractivity contribution in [2.45, 2.75) is 39.3 Å². The van der Waals surface area contributed by atoms with Crippen LogP contribution in [0.4, 0.5) is 11.4 Å². The molecule has 4 rings (SSSR count). The molecule has 0 saturated carbocycles. The number of aryl methyl sites for hydroxylation is 3. The number of imide groups is 1. The molecule has 196 valence electrons. The summed E-state index contributed by atoms with van der Waals surface area (Å²) in [7, 11) is 1.52. The maximum Gasteiger partial charge on any atom is 0.340 e. The molecule has 0 atom stereocenters. The number of nitrogens with one attached hydrogen (secondary N) is 1. The third kappa shape index (κ3) is 5.55. The van der Waals surface area contributed by atoms with Crippen LogP contribution in [0.3, 0.4) is 0 Å². The van der Waals surface area contributed by atoms with Gasteiger partial charge in [0.25, 0.3) is 11.8 Å². The molecule has 1 aromatic heterocycles. The molecule has 0 aliphatic carbocycles. The van der Waals surface area contributed by atoms with Crippen LogP contribution in [0.2, 0.25) is 0 Å². The maximum absolute atomic E-state index is 13.9. The highest BCUT2D eigenvalue weighted by atomic mass is 32.2. The molecule has 0 bridgehead atoms. The Balaban J connectivity index is 1.81. The maximum atomic E-state index is 13.9. The van der Waals surface area contributed by atoms with E-state index in [1.165, 1.54) is 13.2 Å². The van der Waals surface area contributed by atoms with Gasteiger partial charge in [0.1, 0.15) is 16.4 Å². The van der Waals surface area contributed by atoms with Crippen molar-refractivity contribution in [2.24, 2.45) is 0 Å². The van der Waals surface area contributed by atoms with Gasteiger partial charge in [0.2, 0.25) is 0 Å². The van der Waals surface area contributed by atoms with Gasteiger partial charge in [-0.25, -0.2) is 19.7 Å². The van der Waals surface area contributed by atoms with Gasteiger partial charge in [-0.05, 0) is 74.8 Å². The van der Waals surface area contributed by atoms with Crippen LogP contribution in [0.25, 0.3) is 0 Å². The van der Waals surface area contributed by atoms with Crippen molar-refractivity contribution >= 4 is 40.9 Å². The summed E-state index contributed by atoms with van der Waals surface area (Å²) in [5.41, 5.74) is 3.18. The number of ether oxygens (including phenoxy) is 2. The Hall–Kier alpha value is -4.18. The van der Waals surface area contributed by atoms with Gasteiger partial charge in [-0.1, -0.05) is 25.1 Å². The van der Waals surface area contributed by atoms with Crippen molar-refractivity contribution in [1.82, 2.24) is 9.97 Å². The minimum atomic E-state index is -0.624. The molecule has 1 N–H and O–H groups in total. The van der Waals surface area contributed by atoms with E-state index >= 15 is 0 Å². The van der Waals surface area contributed by atoms with Gasteiger partial charge in [-0.15, -0.1) is 0 Å². The largest absolute Gasteiger partial charge is 0.495 e. The lowest BCUT2D eigenvalue weighted by molar-refractivity contribution is -0.120. The Kier molecular flexibility index (Phi) is 8.11. The molecule has 38 heavy (non-hydrogen) atoms. The number of carbonyl (C=O) groups excluding carboxylic acids is 3. The van der Waals surface area contributed by atoms with Crippen LogP contribution >= 0.6 is 11.8 Å². The predicted molar refractivity (Wildman–Crippen MR) is 145 cm³/mol. The van der Waals surface area contributed by atoms with Crippen LogP contribution < -0.4 is 15.0 Å². The van der Waals surface area contributed by atoms with Gasteiger partial charge >= 0.3 is 5.97 Å². The van der Waals surface area contributed by atoms with E-state index < -0.39 is 17.8 Å². The van der Waals surface area contributed by atoms with Crippen LogP contribution in [-0.2, 0) is 14.3 Å². The fourth-order valence-electron chi connectivity index (χ4n) is 3.93. The number of methoxy groups -OCH3 is 1. The summed E-state index contributed by atoms with van der Waals surface area (Å²) in [6.45, 7) is 7.67. The highest BCUT2D eigenvalue weighted by molar-refractivity contribution is 8.04. The van der Waals surface area contributed by atoms with E-state index in [-0.39, 0.29) is 28.5 Å². The predicted octanol–water partition coefficient (Wildman–Crippen LogP) is 4.97. The van der Waals surface area contributed by atoms with Crippen LogP contribution in [0.15, 0.2) is 64.3 Å². The molecule has 10 heteroatoms. The van der Waals surface area contributed by atoms with Gasteiger partial charge in [-0.3, -0.25) is 9.59 Å². The van der Waals surface area contributed by atoms with Crippen LogP contribution in [0.1, 0.15) is 40.7 Å². The standard InChI is InChI=1S/C28H28N4O5S/c1-6-13-37-27(35)19-9-7-8-10-21(19)32-25(33)23(31-20-14-16(2)11-12-22(20)36-5)24(26(32)34)38-28-29-17(3)15-18(4)30-28/h7-12,14-15,31H,6,13H2,1-5H3. The fraction of sp³-hybridized carbons (Fsp3) is 0.250. The first kappa shape index (κ1) is 26.9. The first-order valence-electron chi connectivity index (χ1n) is 12.0. The molecule has 2 heterocycles. The minimum Gasteiger partial charge on any atom is -0.495 e. The Labute approximate surface area is 225 Å².